The Morgan fingerprint density at radius 3 is 2.05 bits per heavy atom. The van der Waals surface area contributed by atoms with Crippen molar-refractivity contribution in [3.05, 3.63) is 41.5 Å². The van der Waals surface area contributed by atoms with Crippen LogP contribution >= 0.6 is 0 Å². The van der Waals surface area contributed by atoms with Crippen molar-refractivity contribution in [2.45, 2.75) is 6.92 Å². The monoisotopic (exact) mass is 302 g/mol. The maximum absolute atomic E-state index is 12.1. The zero-order chi connectivity index (χ0) is 16.1. The fourth-order valence-electron chi connectivity index (χ4n) is 2.25. The highest BCUT2D eigenvalue weighted by Gasteiger charge is 2.20. The third-order valence-corrected chi connectivity index (χ3v) is 3.61. The van der Waals surface area contributed by atoms with E-state index in [4.69, 9.17) is 5.11 Å². The van der Waals surface area contributed by atoms with Crippen molar-refractivity contribution in [3.63, 3.8) is 0 Å². The Morgan fingerprint density at radius 1 is 1.00 bits per heavy atom. The maximum atomic E-state index is 12.1. The molecule has 0 radical (unpaired) electrons. The zero-order valence-corrected chi connectivity index (χ0v) is 12.4. The average Bonchev–Trinajstić information content (AvgIpc) is 2.53. The van der Waals surface area contributed by atoms with E-state index in [1.165, 1.54) is 25.1 Å². The molecule has 1 aliphatic heterocycles. The second-order valence-electron chi connectivity index (χ2n) is 5.09. The number of carbonyl (C=O) groups is 3. The summed E-state index contributed by atoms with van der Waals surface area (Å²) in [6.07, 6.45) is 3.13. The molecule has 1 heterocycles. The predicted octanol–water partition coefficient (Wildman–Crippen LogP) is 1.09. The summed E-state index contributed by atoms with van der Waals surface area (Å²) in [5, 5.41) is 8.82. The molecule has 1 N–H and O–H groups in total. The van der Waals surface area contributed by atoms with Crippen LogP contribution in [0.2, 0.25) is 0 Å². The summed E-state index contributed by atoms with van der Waals surface area (Å²) in [7, 11) is 0. The molecular formula is C16H18N2O4. The van der Waals surface area contributed by atoms with Gasteiger partial charge in [0.2, 0.25) is 11.8 Å². The normalized spacial score (nSPS) is 15.1. The minimum atomic E-state index is -0.977. The van der Waals surface area contributed by atoms with Gasteiger partial charge in [0.15, 0.2) is 0 Å². The van der Waals surface area contributed by atoms with E-state index in [2.05, 4.69) is 0 Å². The first-order valence-electron chi connectivity index (χ1n) is 7.03. The maximum Gasteiger partial charge on any atom is 0.335 e. The fourth-order valence-corrected chi connectivity index (χ4v) is 2.25. The van der Waals surface area contributed by atoms with E-state index in [1.54, 1.807) is 28.0 Å². The molecule has 2 amide bonds. The van der Waals surface area contributed by atoms with Crippen LogP contribution in [0.1, 0.15) is 22.8 Å². The van der Waals surface area contributed by atoms with Crippen molar-refractivity contribution in [2.75, 3.05) is 26.2 Å². The first-order chi connectivity index (χ1) is 10.5. The molecular weight excluding hydrogens is 284 g/mol. The van der Waals surface area contributed by atoms with Crippen molar-refractivity contribution in [3.8, 4) is 0 Å². The number of benzene rings is 1. The Balaban J connectivity index is 1.91. The van der Waals surface area contributed by atoms with E-state index in [0.29, 0.717) is 26.2 Å². The van der Waals surface area contributed by atoms with Crippen molar-refractivity contribution < 1.29 is 19.5 Å². The second kappa shape index (κ2) is 6.89. The molecule has 6 heteroatoms. The van der Waals surface area contributed by atoms with Gasteiger partial charge in [0.25, 0.3) is 0 Å². The highest BCUT2D eigenvalue weighted by atomic mass is 16.4. The van der Waals surface area contributed by atoms with Gasteiger partial charge < -0.3 is 14.9 Å². The molecule has 1 aromatic carbocycles. The van der Waals surface area contributed by atoms with Crippen molar-refractivity contribution >= 4 is 23.9 Å². The molecule has 6 nitrogen and oxygen atoms in total. The molecule has 116 valence electrons. The molecule has 0 saturated carbocycles. The number of carbonyl (C=O) groups excluding carboxylic acids is 2. The number of rotatable bonds is 3. The lowest BCUT2D eigenvalue weighted by atomic mass is 10.1. The van der Waals surface area contributed by atoms with Crippen LogP contribution in [0.5, 0.6) is 0 Å². The minimum Gasteiger partial charge on any atom is -0.478 e. The molecule has 0 aromatic heterocycles. The second-order valence-corrected chi connectivity index (χ2v) is 5.09. The van der Waals surface area contributed by atoms with Gasteiger partial charge in [-0.2, -0.15) is 0 Å². The van der Waals surface area contributed by atoms with E-state index in [0.717, 1.165) is 5.56 Å². The van der Waals surface area contributed by atoms with Gasteiger partial charge in [0.1, 0.15) is 0 Å². The third-order valence-electron chi connectivity index (χ3n) is 3.61. The van der Waals surface area contributed by atoms with Crippen LogP contribution in [0.3, 0.4) is 0 Å². The molecule has 1 aromatic rings. The minimum absolute atomic E-state index is 0.0289. The van der Waals surface area contributed by atoms with Crippen LogP contribution in [0, 0.1) is 0 Å². The van der Waals surface area contributed by atoms with Gasteiger partial charge >= 0.3 is 5.97 Å². The van der Waals surface area contributed by atoms with Gasteiger partial charge in [0.05, 0.1) is 5.56 Å². The average molecular weight is 302 g/mol. The van der Waals surface area contributed by atoms with Gasteiger partial charge in [-0.3, -0.25) is 9.59 Å². The summed E-state index contributed by atoms with van der Waals surface area (Å²) in [6, 6.07) is 6.30. The Bertz CT molecular complexity index is 599. The van der Waals surface area contributed by atoms with Crippen LogP contribution in [0.4, 0.5) is 0 Å². The van der Waals surface area contributed by atoms with Gasteiger partial charge in [0, 0.05) is 39.2 Å². The third kappa shape index (κ3) is 3.94. The largest absolute Gasteiger partial charge is 0.478 e. The SMILES string of the molecule is CC(=O)N1CCN(C(=O)/C=C/c2ccc(C(=O)O)cc2)CC1. The Morgan fingerprint density at radius 2 is 1.55 bits per heavy atom. The highest BCUT2D eigenvalue weighted by molar-refractivity contribution is 5.92. The van der Waals surface area contributed by atoms with E-state index in [-0.39, 0.29) is 17.4 Å². The number of amides is 2. The van der Waals surface area contributed by atoms with Crippen LogP contribution in [0.25, 0.3) is 6.08 Å². The number of hydrogen-bond acceptors (Lipinski definition) is 3. The zero-order valence-electron chi connectivity index (χ0n) is 12.4. The highest BCUT2D eigenvalue weighted by Crippen LogP contribution is 2.08. The Kier molecular flexibility index (Phi) is 4.93. The Labute approximate surface area is 128 Å². The molecule has 1 saturated heterocycles. The van der Waals surface area contributed by atoms with Crippen LogP contribution in [-0.2, 0) is 9.59 Å². The molecule has 0 bridgehead atoms. The van der Waals surface area contributed by atoms with Gasteiger partial charge in [-0.25, -0.2) is 4.79 Å². The number of piperazine rings is 1. The lowest BCUT2D eigenvalue weighted by molar-refractivity contribution is -0.135. The van der Waals surface area contributed by atoms with Gasteiger partial charge in [-0.1, -0.05) is 12.1 Å². The summed E-state index contributed by atoms with van der Waals surface area (Å²) in [4.78, 5) is 37.5. The fraction of sp³-hybridized carbons (Fsp3) is 0.312. The Hall–Kier alpha value is -2.63. The predicted molar refractivity (Wildman–Crippen MR) is 81.3 cm³/mol. The molecule has 0 unspecified atom stereocenters. The quantitative estimate of drug-likeness (QED) is 0.848. The van der Waals surface area contributed by atoms with Gasteiger partial charge in [-0.15, -0.1) is 0 Å². The smallest absolute Gasteiger partial charge is 0.335 e. The molecule has 0 spiro atoms. The molecule has 0 atom stereocenters. The lowest BCUT2D eigenvalue weighted by Crippen LogP contribution is -2.49. The summed E-state index contributed by atoms with van der Waals surface area (Å²) in [6.45, 7) is 3.70. The number of carboxylic acids is 1. The van der Waals surface area contributed by atoms with E-state index >= 15 is 0 Å². The molecule has 0 aliphatic carbocycles. The number of carboxylic acid groups (broad SMARTS) is 1. The number of aromatic carboxylic acids is 1. The van der Waals surface area contributed by atoms with Crippen molar-refractivity contribution in [1.29, 1.82) is 0 Å². The lowest BCUT2D eigenvalue weighted by Gasteiger charge is -2.33. The van der Waals surface area contributed by atoms with Crippen molar-refractivity contribution in [1.82, 2.24) is 9.80 Å². The summed E-state index contributed by atoms with van der Waals surface area (Å²) in [5.41, 5.74) is 0.976. The molecule has 2 rings (SSSR count). The molecule has 1 fully saturated rings. The summed E-state index contributed by atoms with van der Waals surface area (Å²) in [5.74, 6) is -1.05. The standard InChI is InChI=1S/C16H18N2O4/c1-12(19)17-8-10-18(11-9-17)15(20)7-4-13-2-5-14(6-3-13)16(21)22/h2-7H,8-11H2,1H3,(H,21,22)/b7-4+. The first-order valence-corrected chi connectivity index (χ1v) is 7.03. The van der Waals surface area contributed by atoms with Crippen molar-refractivity contribution in [2.24, 2.45) is 0 Å². The van der Waals surface area contributed by atoms with E-state index < -0.39 is 5.97 Å². The van der Waals surface area contributed by atoms with Crippen LogP contribution in [0.15, 0.2) is 30.3 Å². The first kappa shape index (κ1) is 15.8. The summed E-state index contributed by atoms with van der Waals surface area (Å²) >= 11 is 0. The van der Waals surface area contributed by atoms with E-state index in [9.17, 15) is 14.4 Å². The number of hydrogen-bond donors (Lipinski definition) is 1. The van der Waals surface area contributed by atoms with Gasteiger partial charge in [-0.05, 0) is 23.8 Å². The molecule has 22 heavy (non-hydrogen) atoms. The summed E-state index contributed by atoms with van der Waals surface area (Å²) < 4.78 is 0. The van der Waals surface area contributed by atoms with Crippen LogP contribution in [-0.4, -0.2) is 58.9 Å². The topological polar surface area (TPSA) is 77.9 Å². The van der Waals surface area contributed by atoms with Crippen LogP contribution < -0.4 is 0 Å². The van der Waals surface area contributed by atoms with E-state index in [1.807, 2.05) is 0 Å². The molecule has 1 aliphatic rings. The number of nitrogens with zero attached hydrogens (tertiary/aromatic N) is 2.